The van der Waals surface area contributed by atoms with E-state index in [2.05, 4.69) is 5.32 Å². The maximum absolute atomic E-state index is 12.4. The molecule has 2 amide bonds. The van der Waals surface area contributed by atoms with Crippen LogP contribution in [0.4, 0.5) is 11.4 Å². The van der Waals surface area contributed by atoms with Gasteiger partial charge in [-0.1, -0.05) is 60.7 Å². The Morgan fingerprint density at radius 1 is 0.929 bits per heavy atom. The lowest BCUT2D eigenvalue weighted by molar-refractivity contribution is -0.116. The number of nitrogens with one attached hydrogen (secondary N) is 1. The molecule has 1 atom stereocenters. The molecule has 1 heterocycles. The molecule has 3 aromatic carbocycles. The van der Waals surface area contributed by atoms with E-state index >= 15 is 0 Å². The Hall–Kier alpha value is -3.05. The third-order valence-electron chi connectivity index (χ3n) is 4.59. The molecule has 0 aromatic heterocycles. The molecule has 0 aliphatic carbocycles. The van der Waals surface area contributed by atoms with Gasteiger partial charge in [0.15, 0.2) is 0 Å². The second-order valence-electron chi connectivity index (χ2n) is 6.60. The van der Waals surface area contributed by atoms with Gasteiger partial charge in [-0.25, -0.2) is 0 Å². The van der Waals surface area contributed by atoms with Crippen LogP contribution in [0.5, 0.6) is 0 Å². The molecule has 1 unspecified atom stereocenters. The van der Waals surface area contributed by atoms with Gasteiger partial charge in [-0.15, -0.1) is 11.8 Å². The first-order chi connectivity index (χ1) is 13.7. The number of carbonyl (C=O) groups excluding carboxylic acids is 2. The molecule has 28 heavy (non-hydrogen) atoms. The van der Waals surface area contributed by atoms with Crippen LogP contribution < -0.4 is 10.2 Å². The monoisotopic (exact) mass is 388 g/mol. The van der Waals surface area contributed by atoms with Crippen molar-refractivity contribution in [2.45, 2.75) is 11.8 Å². The first-order valence-electron chi connectivity index (χ1n) is 9.13. The number of anilines is 2. The van der Waals surface area contributed by atoms with Gasteiger partial charge in [0.25, 0.3) is 0 Å². The number of hydrogen-bond donors (Lipinski definition) is 1. The molecule has 4 nitrogen and oxygen atoms in total. The Morgan fingerprint density at radius 3 is 2.25 bits per heavy atom. The summed E-state index contributed by atoms with van der Waals surface area (Å²) in [5.41, 5.74) is 3.68. The Bertz CT molecular complexity index is 959. The fourth-order valence-corrected chi connectivity index (χ4v) is 4.43. The largest absolute Gasteiger partial charge is 0.326 e. The summed E-state index contributed by atoms with van der Waals surface area (Å²) in [5, 5.41) is 2.88. The number of para-hydroxylation sites is 1. The number of rotatable bonds is 5. The molecule has 1 N–H and O–H groups in total. The number of hydrogen-bond acceptors (Lipinski definition) is 3. The van der Waals surface area contributed by atoms with Crippen LogP contribution in [0.15, 0.2) is 84.9 Å². The standard InChI is InChI=1S/C23H20N2O2S/c26-21(15-17-7-3-1-4-8-17)24-19-13-11-18(12-14-19)23-25(22(27)16-28-23)20-9-5-2-6-10-20/h1-14,23H,15-16H2,(H,24,26). The molecule has 140 valence electrons. The zero-order valence-corrected chi connectivity index (χ0v) is 16.1. The number of carbonyl (C=O) groups is 2. The maximum atomic E-state index is 12.4. The highest BCUT2D eigenvalue weighted by atomic mass is 32.2. The lowest BCUT2D eigenvalue weighted by Crippen LogP contribution is -2.27. The van der Waals surface area contributed by atoms with E-state index in [9.17, 15) is 9.59 Å². The average molecular weight is 388 g/mol. The van der Waals surface area contributed by atoms with Gasteiger partial charge in [0, 0.05) is 11.4 Å². The van der Waals surface area contributed by atoms with E-state index in [0.29, 0.717) is 12.2 Å². The van der Waals surface area contributed by atoms with Crippen LogP contribution >= 0.6 is 11.8 Å². The van der Waals surface area contributed by atoms with E-state index in [0.717, 1.165) is 22.5 Å². The van der Waals surface area contributed by atoms with Crippen molar-refractivity contribution in [1.29, 1.82) is 0 Å². The molecule has 0 bridgehead atoms. The molecular weight excluding hydrogens is 368 g/mol. The molecule has 0 spiro atoms. The van der Waals surface area contributed by atoms with Crippen LogP contribution in [0.1, 0.15) is 16.5 Å². The Labute approximate surface area is 168 Å². The minimum atomic E-state index is -0.0519. The molecule has 3 aromatic rings. The highest BCUT2D eigenvalue weighted by Crippen LogP contribution is 2.41. The van der Waals surface area contributed by atoms with Crippen LogP contribution in [0, 0.1) is 0 Å². The first-order valence-corrected chi connectivity index (χ1v) is 10.2. The van der Waals surface area contributed by atoms with Gasteiger partial charge >= 0.3 is 0 Å². The van der Waals surface area contributed by atoms with Crippen LogP contribution in [-0.2, 0) is 16.0 Å². The summed E-state index contributed by atoms with van der Waals surface area (Å²) in [4.78, 5) is 26.5. The molecule has 0 radical (unpaired) electrons. The van der Waals surface area contributed by atoms with Crippen LogP contribution in [0.2, 0.25) is 0 Å². The van der Waals surface area contributed by atoms with E-state index in [1.54, 1.807) is 11.8 Å². The topological polar surface area (TPSA) is 49.4 Å². The van der Waals surface area contributed by atoms with Gasteiger partial charge in [-0.05, 0) is 35.4 Å². The van der Waals surface area contributed by atoms with Gasteiger partial charge in [0.2, 0.25) is 11.8 Å². The molecule has 5 heteroatoms. The summed E-state index contributed by atoms with van der Waals surface area (Å²) in [6, 6.07) is 27.1. The van der Waals surface area contributed by atoms with Gasteiger partial charge in [-0.2, -0.15) is 0 Å². The van der Waals surface area contributed by atoms with Gasteiger partial charge in [-0.3, -0.25) is 14.5 Å². The number of amides is 2. The summed E-state index contributed by atoms with van der Waals surface area (Å²) in [5.74, 6) is 0.534. The number of nitrogens with zero attached hydrogens (tertiary/aromatic N) is 1. The molecule has 1 fully saturated rings. The normalized spacial score (nSPS) is 16.2. The van der Waals surface area contributed by atoms with Crippen LogP contribution in [0.25, 0.3) is 0 Å². The fraction of sp³-hybridized carbons (Fsp3) is 0.130. The zero-order chi connectivity index (χ0) is 19.3. The van der Waals surface area contributed by atoms with Crippen molar-refractivity contribution >= 4 is 35.0 Å². The summed E-state index contributed by atoms with van der Waals surface area (Å²) < 4.78 is 0. The zero-order valence-electron chi connectivity index (χ0n) is 15.2. The quantitative estimate of drug-likeness (QED) is 0.692. The molecule has 0 saturated carbocycles. The fourth-order valence-electron chi connectivity index (χ4n) is 3.26. The predicted octanol–water partition coefficient (Wildman–Crippen LogP) is 4.65. The third kappa shape index (κ3) is 4.10. The van der Waals surface area contributed by atoms with Crippen molar-refractivity contribution in [2.24, 2.45) is 0 Å². The van der Waals surface area contributed by atoms with Gasteiger partial charge < -0.3 is 5.32 Å². The minimum Gasteiger partial charge on any atom is -0.326 e. The minimum absolute atomic E-state index is 0.0460. The van der Waals surface area contributed by atoms with Gasteiger partial charge in [0.1, 0.15) is 5.37 Å². The highest BCUT2D eigenvalue weighted by molar-refractivity contribution is 8.00. The molecule has 4 rings (SSSR count). The number of benzene rings is 3. The molecule has 1 aliphatic rings. The van der Waals surface area contributed by atoms with Crippen molar-refractivity contribution in [2.75, 3.05) is 16.0 Å². The summed E-state index contributed by atoms with van der Waals surface area (Å²) in [6.07, 6.45) is 0.345. The molecule has 1 aliphatic heterocycles. The Kier molecular flexibility index (Phi) is 5.44. The smallest absolute Gasteiger partial charge is 0.238 e. The van der Waals surface area contributed by atoms with Gasteiger partial charge in [0.05, 0.1) is 12.2 Å². The SMILES string of the molecule is O=C(Cc1ccccc1)Nc1ccc(C2SCC(=O)N2c2ccccc2)cc1. The highest BCUT2D eigenvalue weighted by Gasteiger charge is 2.33. The van der Waals surface area contributed by atoms with E-state index in [-0.39, 0.29) is 17.2 Å². The summed E-state index contributed by atoms with van der Waals surface area (Å²) >= 11 is 1.62. The number of thioether (sulfide) groups is 1. The van der Waals surface area contributed by atoms with Crippen molar-refractivity contribution in [3.05, 3.63) is 96.1 Å². The van der Waals surface area contributed by atoms with Crippen molar-refractivity contribution in [3.8, 4) is 0 Å². The molecule has 1 saturated heterocycles. The summed E-state index contributed by atoms with van der Waals surface area (Å²) in [7, 11) is 0. The van der Waals surface area contributed by atoms with Crippen molar-refractivity contribution in [1.82, 2.24) is 0 Å². The average Bonchev–Trinajstić information content (AvgIpc) is 3.11. The Balaban J connectivity index is 1.45. The molecular formula is C23H20N2O2S. The predicted molar refractivity (Wildman–Crippen MR) is 114 cm³/mol. The van der Waals surface area contributed by atoms with Crippen molar-refractivity contribution < 1.29 is 9.59 Å². The van der Waals surface area contributed by atoms with Crippen LogP contribution in [0.3, 0.4) is 0 Å². The van der Waals surface area contributed by atoms with E-state index in [1.165, 1.54) is 0 Å². The third-order valence-corrected chi connectivity index (χ3v) is 5.80. The summed E-state index contributed by atoms with van der Waals surface area (Å²) in [6.45, 7) is 0. The maximum Gasteiger partial charge on any atom is 0.238 e. The van der Waals surface area contributed by atoms with E-state index in [4.69, 9.17) is 0 Å². The Morgan fingerprint density at radius 2 is 1.57 bits per heavy atom. The van der Waals surface area contributed by atoms with E-state index in [1.807, 2.05) is 89.8 Å². The van der Waals surface area contributed by atoms with Crippen molar-refractivity contribution in [3.63, 3.8) is 0 Å². The van der Waals surface area contributed by atoms with E-state index < -0.39 is 0 Å². The second-order valence-corrected chi connectivity index (χ2v) is 7.66. The van der Waals surface area contributed by atoms with Crippen LogP contribution in [-0.4, -0.2) is 17.6 Å². The second kappa shape index (κ2) is 8.31. The lowest BCUT2D eigenvalue weighted by atomic mass is 10.1. The lowest BCUT2D eigenvalue weighted by Gasteiger charge is -2.24. The first kappa shape index (κ1) is 18.3.